The van der Waals surface area contributed by atoms with Crippen LogP contribution < -0.4 is 4.74 Å². The van der Waals surface area contributed by atoms with Crippen molar-refractivity contribution in [3.05, 3.63) is 53.1 Å². The Morgan fingerprint density at radius 2 is 1.75 bits per heavy atom. The van der Waals surface area contributed by atoms with E-state index in [1.807, 2.05) is 0 Å². The fourth-order valence-electron chi connectivity index (χ4n) is 1.73. The molecule has 0 radical (unpaired) electrons. The summed E-state index contributed by atoms with van der Waals surface area (Å²) >= 11 is 0. The molecule has 0 aliphatic rings. The summed E-state index contributed by atoms with van der Waals surface area (Å²) in [6.45, 7) is 1.43. The minimum Gasteiger partial charge on any atom is -0.504 e. The Bertz CT molecular complexity index is 631. The third kappa shape index (κ3) is 2.73. The largest absolute Gasteiger partial charge is 0.504 e. The molecule has 2 aromatic rings. The average Bonchev–Trinajstić information content (AvgIpc) is 2.45. The van der Waals surface area contributed by atoms with E-state index in [9.17, 15) is 15.0 Å². The lowest BCUT2D eigenvalue weighted by Gasteiger charge is -2.09. The minimum absolute atomic E-state index is 0.0842. The van der Waals surface area contributed by atoms with E-state index in [0.717, 1.165) is 0 Å². The maximum atomic E-state index is 12.0. The molecule has 20 heavy (non-hydrogen) atoms. The molecule has 5 heteroatoms. The number of benzene rings is 2. The third-order valence-corrected chi connectivity index (χ3v) is 2.95. The summed E-state index contributed by atoms with van der Waals surface area (Å²) in [6, 6.07) is 9.04. The molecule has 0 saturated carbocycles. The first-order chi connectivity index (χ1) is 9.52. The number of carbonyl (C=O) groups is 1. The van der Waals surface area contributed by atoms with Crippen molar-refractivity contribution in [1.82, 2.24) is 0 Å². The quantitative estimate of drug-likeness (QED) is 0.453. The minimum atomic E-state index is -0.630. The zero-order valence-electron chi connectivity index (χ0n) is 10.8. The monoisotopic (exact) mass is 274 g/mol. The van der Waals surface area contributed by atoms with E-state index < -0.39 is 5.97 Å². The van der Waals surface area contributed by atoms with Gasteiger partial charge in [0.1, 0.15) is 5.75 Å². The predicted molar refractivity (Wildman–Crippen MR) is 71.8 cm³/mol. The van der Waals surface area contributed by atoms with Crippen molar-refractivity contribution in [2.45, 2.75) is 13.5 Å². The highest BCUT2D eigenvalue weighted by atomic mass is 16.5. The van der Waals surface area contributed by atoms with Crippen molar-refractivity contribution in [1.29, 1.82) is 0 Å². The van der Waals surface area contributed by atoms with Crippen molar-refractivity contribution in [3.8, 4) is 17.2 Å². The van der Waals surface area contributed by atoms with E-state index in [2.05, 4.69) is 0 Å². The summed E-state index contributed by atoms with van der Waals surface area (Å²) < 4.78 is 5.16. The van der Waals surface area contributed by atoms with Crippen molar-refractivity contribution >= 4 is 5.97 Å². The molecule has 0 spiro atoms. The standard InChI is InChI=1S/C15H14O5/c1-9-12(6-7-13(17)14(9)18)15(19)20-11-4-2-10(8-16)3-5-11/h2-7,16-18H,8H2,1H3. The Kier molecular flexibility index (Phi) is 3.91. The van der Waals surface area contributed by atoms with Crippen LogP contribution in [0.1, 0.15) is 21.5 Å². The number of hydrogen-bond donors (Lipinski definition) is 3. The summed E-state index contributed by atoms with van der Waals surface area (Å²) in [4.78, 5) is 12.0. The van der Waals surface area contributed by atoms with Crippen LogP contribution in [0.3, 0.4) is 0 Å². The van der Waals surface area contributed by atoms with Crippen LogP contribution in [0.5, 0.6) is 17.2 Å². The van der Waals surface area contributed by atoms with Gasteiger partial charge in [0.25, 0.3) is 0 Å². The molecule has 0 heterocycles. The first-order valence-electron chi connectivity index (χ1n) is 5.96. The van der Waals surface area contributed by atoms with Crippen LogP contribution in [0.25, 0.3) is 0 Å². The number of ether oxygens (including phenoxy) is 1. The van der Waals surface area contributed by atoms with E-state index >= 15 is 0 Å². The number of phenols is 2. The Balaban J connectivity index is 2.21. The molecule has 0 aliphatic heterocycles. The average molecular weight is 274 g/mol. The Morgan fingerprint density at radius 1 is 1.10 bits per heavy atom. The maximum Gasteiger partial charge on any atom is 0.343 e. The van der Waals surface area contributed by atoms with Crippen LogP contribution in [-0.4, -0.2) is 21.3 Å². The summed E-state index contributed by atoms with van der Waals surface area (Å²) in [5.41, 5.74) is 1.14. The van der Waals surface area contributed by atoms with Gasteiger partial charge in [-0.3, -0.25) is 0 Å². The van der Waals surface area contributed by atoms with Crippen LogP contribution in [-0.2, 0) is 6.61 Å². The van der Waals surface area contributed by atoms with Crippen LogP contribution in [0.15, 0.2) is 36.4 Å². The van der Waals surface area contributed by atoms with Crippen molar-refractivity contribution in [2.24, 2.45) is 0 Å². The Morgan fingerprint density at radius 3 is 2.35 bits per heavy atom. The van der Waals surface area contributed by atoms with E-state index in [1.54, 1.807) is 24.3 Å². The number of rotatable bonds is 3. The highest BCUT2D eigenvalue weighted by Gasteiger charge is 2.16. The number of hydrogen-bond acceptors (Lipinski definition) is 5. The molecule has 0 atom stereocenters. The molecule has 0 aliphatic carbocycles. The van der Waals surface area contributed by atoms with Crippen LogP contribution in [0.2, 0.25) is 0 Å². The van der Waals surface area contributed by atoms with E-state index in [-0.39, 0.29) is 29.2 Å². The second-order valence-corrected chi connectivity index (χ2v) is 4.30. The van der Waals surface area contributed by atoms with Crippen molar-refractivity contribution < 1.29 is 24.9 Å². The molecule has 2 rings (SSSR count). The smallest absolute Gasteiger partial charge is 0.343 e. The summed E-state index contributed by atoms with van der Waals surface area (Å²) in [7, 11) is 0. The molecule has 0 aromatic heterocycles. The molecule has 0 saturated heterocycles. The lowest BCUT2D eigenvalue weighted by Crippen LogP contribution is -2.10. The van der Waals surface area contributed by atoms with Crippen molar-refractivity contribution in [3.63, 3.8) is 0 Å². The van der Waals surface area contributed by atoms with Gasteiger partial charge in [-0.25, -0.2) is 4.79 Å². The lowest BCUT2D eigenvalue weighted by atomic mass is 10.1. The van der Waals surface area contributed by atoms with Crippen LogP contribution in [0.4, 0.5) is 0 Å². The van der Waals surface area contributed by atoms with Gasteiger partial charge in [0.15, 0.2) is 11.5 Å². The zero-order chi connectivity index (χ0) is 14.7. The number of esters is 1. The van der Waals surface area contributed by atoms with E-state index in [1.165, 1.54) is 19.1 Å². The molecule has 5 nitrogen and oxygen atoms in total. The Labute approximate surface area is 115 Å². The van der Waals surface area contributed by atoms with Crippen molar-refractivity contribution in [2.75, 3.05) is 0 Å². The zero-order valence-corrected chi connectivity index (χ0v) is 10.8. The second kappa shape index (κ2) is 5.63. The topological polar surface area (TPSA) is 87.0 Å². The van der Waals surface area contributed by atoms with Gasteiger partial charge in [-0.2, -0.15) is 0 Å². The molecule has 2 aromatic carbocycles. The lowest BCUT2D eigenvalue weighted by molar-refractivity contribution is 0.0733. The van der Waals surface area contributed by atoms with Gasteiger partial charge >= 0.3 is 5.97 Å². The molecular formula is C15H14O5. The van der Waals surface area contributed by atoms with Gasteiger partial charge in [0, 0.05) is 5.56 Å². The van der Waals surface area contributed by atoms with Crippen LogP contribution >= 0.6 is 0 Å². The SMILES string of the molecule is Cc1c(C(=O)Oc2ccc(CO)cc2)ccc(O)c1O. The van der Waals surface area contributed by atoms with Gasteiger partial charge in [0.2, 0.25) is 0 Å². The predicted octanol–water partition coefficient (Wildman–Crippen LogP) is 2.12. The van der Waals surface area contributed by atoms with Gasteiger partial charge in [-0.05, 0) is 36.8 Å². The number of aliphatic hydroxyl groups excluding tert-OH is 1. The number of phenolic OH excluding ortho intramolecular Hbond substituents is 2. The number of aliphatic hydroxyl groups is 1. The summed E-state index contributed by atoms with van der Waals surface area (Å²) in [5, 5.41) is 27.8. The fourth-order valence-corrected chi connectivity index (χ4v) is 1.73. The van der Waals surface area contributed by atoms with Gasteiger partial charge in [-0.15, -0.1) is 0 Å². The first-order valence-corrected chi connectivity index (χ1v) is 5.96. The van der Waals surface area contributed by atoms with E-state index in [4.69, 9.17) is 9.84 Å². The van der Waals surface area contributed by atoms with Gasteiger partial charge < -0.3 is 20.1 Å². The molecule has 3 N–H and O–H groups in total. The molecule has 0 fully saturated rings. The fraction of sp³-hybridized carbons (Fsp3) is 0.133. The summed E-state index contributed by atoms with van der Waals surface area (Å²) in [6.07, 6.45) is 0. The van der Waals surface area contributed by atoms with E-state index in [0.29, 0.717) is 11.3 Å². The highest BCUT2D eigenvalue weighted by molar-refractivity contribution is 5.93. The maximum absolute atomic E-state index is 12.0. The molecule has 0 bridgehead atoms. The molecule has 104 valence electrons. The van der Waals surface area contributed by atoms with Gasteiger partial charge in [-0.1, -0.05) is 12.1 Å². The highest BCUT2D eigenvalue weighted by Crippen LogP contribution is 2.31. The first kappa shape index (κ1) is 13.9. The molecule has 0 unspecified atom stereocenters. The number of aromatic hydroxyl groups is 2. The Hall–Kier alpha value is -2.53. The van der Waals surface area contributed by atoms with Gasteiger partial charge in [0.05, 0.1) is 12.2 Å². The second-order valence-electron chi connectivity index (χ2n) is 4.30. The third-order valence-electron chi connectivity index (χ3n) is 2.95. The van der Waals surface area contributed by atoms with Crippen LogP contribution in [0, 0.1) is 6.92 Å². The molecular weight excluding hydrogens is 260 g/mol. The molecule has 0 amide bonds. The number of carbonyl (C=O) groups excluding carboxylic acids is 1. The normalized spacial score (nSPS) is 10.3. The summed E-state index contributed by atoms with van der Waals surface area (Å²) in [5.74, 6) is -0.921.